The Morgan fingerprint density at radius 1 is 1.54 bits per heavy atom. The minimum absolute atomic E-state index is 0.0319. The van der Waals surface area contributed by atoms with E-state index in [0.717, 1.165) is 13.0 Å². The Labute approximate surface area is 78.2 Å². The molecule has 0 aromatic rings. The summed E-state index contributed by atoms with van der Waals surface area (Å²) in [6.45, 7) is 5.42. The van der Waals surface area contributed by atoms with E-state index >= 15 is 0 Å². The summed E-state index contributed by atoms with van der Waals surface area (Å²) in [4.78, 5) is 13.6. The molecular weight excluding hydrogens is 168 g/mol. The Balaban J connectivity index is 2.08. The molecule has 4 heteroatoms. The van der Waals surface area contributed by atoms with Gasteiger partial charge in [0.15, 0.2) is 0 Å². The van der Waals surface area contributed by atoms with Crippen LogP contribution in [-0.2, 0) is 9.53 Å². The molecule has 2 saturated heterocycles. The molecule has 2 fully saturated rings. The molecule has 1 amide bonds. The maximum atomic E-state index is 11.7. The number of carbonyl (C=O) groups excluding carboxylic acids is 1. The summed E-state index contributed by atoms with van der Waals surface area (Å²) in [6.07, 6.45) is 1.14. The van der Waals surface area contributed by atoms with Crippen LogP contribution < -0.4 is 5.32 Å². The third-order valence-corrected chi connectivity index (χ3v) is 2.83. The highest BCUT2D eigenvalue weighted by Gasteiger charge is 2.39. The highest BCUT2D eigenvalue weighted by atomic mass is 16.5. The Hall–Kier alpha value is -0.610. The van der Waals surface area contributed by atoms with Gasteiger partial charge in [0.05, 0.1) is 24.9 Å². The van der Waals surface area contributed by atoms with E-state index in [-0.39, 0.29) is 18.1 Å². The normalized spacial score (nSPS) is 40.3. The molecule has 0 aromatic carbocycles. The van der Waals surface area contributed by atoms with Crippen LogP contribution in [0.25, 0.3) is 0 Å². The van der Waals surface area contributed by atoms with Crippen molar-refractivity contribution in [3.05, 3.63) is 0 Å². The molecule has 2 aliphatic heterocycles. The molecule has 0 saturated carbocycles. The molecule has 2 heterocycles. The van der Waals surface area contributed by atoms with Gasteiger partial charge < -0.3 is 9.64 Å². The highest BCUT2D eigenvalue weighted by Crippen LogP contribution is 2.19. The van der Waals surface area contributed by atoms with Crippen LogP contribution in [0.1, 0.15) is 20.3 Å². The maximum absolute atomic E-state index is 11.7. The number of amides is 1. The van der Waals surface area contributed by atoms with Gasteiger partial charge in [0, 0.05) is 6.61 Å². The molecular formula is C9H16N2O2. The van der Waals surface area contributed by atoms with E-state index in [4.69, 9.17) is 4.74 Å². The molecule has 3 unspecified atom stereocenters. The van der Waals surface area contributed by atoms with Crippen molar-refractivity contribution in [2.45, 2.75) is 38.5 Å². The lowest BCUT2D eigenvalue weighted by atomic mass is 10.2. The summed E-state index contributed by atoms with van der Waals surface area (Å²) in [7, 11) is 0. The largest absolute Gasteiger partial charge is 0.379 e. The fourth-order valence-corrected chi connectivity index (χ4v) is 2.17. The number of nitrogens with zero attached hydrogens (tertiary/aromatic N) is 1. The van der Waals surface area contributed by atoms with Crippen LogP contribution in [0.15, 0.2) is 0 Å². The zero-order chi connectivity index (χ0) is 9.42. The van der Waals surface area contributed by atoms with E-state index < -0.39 is 0 Å². The van der Waals surface area contributed by atoms with Crippen molar-refractivity contribution in [3.63, 3.8) is 0 Å². The number of hydrogen-bond donors (Lipinski definition) is 1. The lowest BCUT2D eigenvalue weighted by Crippen LogP contribution is -2.43. The van der Waals surface area contributed by atoms with Crippen molar-refractivity contribution in [1.82, 2.24) is 10.2 Å². The molecule has 0 bridgehead atoms. The Kier molecular flexibility index (Phi) is 2.26. The van der Waals surface area contributed by atoms with Crippen LogP contribution in [0.4, 0.5) is 0 Å². The predicted molar refractivity (Wildman–Crippen MR) is 48.1 cm³/mol. The van der Waals surface area contributed by atoms with Gasteiger partial charge in [0.2, 0.25) is 5.91 Å². The minimum Gasteiger partial charge on any atom is -0.379 e. The van der Waals surface area contributed by atoms with Gasteiger partial charge in [-0.3, -0.25) is 10.1 Å². The van der Waals surface area contributed by atoms with E-state index in [1.54, 1.807) is 0 Å². The number of nitrogens with one attached hydrogen (secondary N) is 1. The standard InChI is InChI=1S/C9H16N2O2/c1-6-9(12)11(7(2)10-6)8-3-4-13-5-8/h6-8,10H,3-5H2,1-2H3. The molecule has 0 spiro atoms. The second kappa shape index (κ2) is 3.27. The van der Waals surface area contributed by atoms with Crippen molar-refractivity contribution in [1.29, 1.82) is 0 Å². The minimum atomic E-state index is -0.0319. The van der Waals surface area contributed by atoms with Crippen LogP contribution >= 0.6 is 0 Å². The van der Waals surface area contributed by atoms with Crippen molar-refractivity contribution >= 4 is 5.91 Å². The average Bonchev–Trinajstić information content (AvgIpc) is 2.63. The zero-order valence-electron chi connectivity index (χ0n) is 8.12. The molecule has 13 heavy (non-hydrogen) atoms. The summed E-state index contributed by atoms with van der Waals surface area (Å²) >= 11 is 0. The van der Waals surface area contributed by atoms with Gasteiger partial charge in [-0.1, -0.05) is 0 Å². The maximum Gasteiger partial charge on any atom is 0.241 e. The van der Waals surface area contributed by atoms with Gasteiger partial charge in [-0.25, -0.2) is 0 Å². The molecule has 2 aliphatic rings. The van der Waals surface area contributed by atoms with Crippen LogP contribution in [0.5, 0.6) is 0 Å². The quantitative estimate of drug-likeness (QED) is 0.621. The lowest BCUT2D eigenvalue weighted by molar-refractivity contribution is -0.131. The summed E-state index contributed by atoms with van der Waals surface area (Å²) in [5, 5.41) is 3.21. The molecule has 2 rings (SSSR count). The van der Waals surface area contributed by atoms with E-state index in [1.165, 1.54) is 0 Å². The molecule has 0 aliphatic carbocycles. The van der Waals surface area contributed by atoms with Crippen molar-refractivity contribution in [3.8, 4) is 0 Å². The summed E-state index contributed by atoms with van der Waals surface area (Å²) in [5.41, 5.74) is 0. The van der Waals surface area contributed by atoms with Crippen LogP contribution in [0.3, 0.4) is 0 Å². The zero-order valence-corrected chi connectivity index (χ0v) is 8.12. The molecule has 1 N–H and O–H groups in total. The smallest absolute Gasteiger partial charge is 0.241 e. The first-order valence-electron chi connectivity index (χ1n) is 4.86. The summed E-state index contributed by atoms with van der Waals surface area (Å²) in [6, 6.07) is 0.260. The van der Waals surface area contributed by atoms with Gasteiger partial charge in [0.25, 0.3) is 0 Å². The van der Waals surface area contributed by atoms with E-state index in [0.29, 0.717) is 12.6 Å². The Morgan fingerprint density at radius 3 is 2.77 bits per heavy atom. The van der Waals surface area contributed by atoms with Gasteiger partial charge in [-0.2, -0.15) is 0 Å². The van der Waals surface area contributed by atoms with Gasteiger partial charge >= 0.3 is 0 Å². The van der Waals surface area contributed by atoms with Gasteiger partial charge in [-0.05, 0) is 20.3 Å². The van der Waals surface area contributed by atoms with Crippen molar-refractivity contribution < 1.29 is 9.53 Å². The SMILES string of the molecule is CC1NC(C)N(C2CCOC2)C1=O. The second-order valence-corrected chi connectivity index (χ2v) is 3.83. The molecule has 74 valence electrons. The first kappa shape index (κ1) is 8.97. The van der Waals surface area contributed by atoms with E-state index in [9.17, 15) is 4.79 Å². The molecule has 3 atom stereocenters. The molecule has 4 nitrogen and oxygen atoms in total. The fourth-order valence-electron chi connectivity index (χ4n) is 2.17. The van der Waals surface area contributed by atoms with E-state index in [1.807, 2.05) is 18.7 Å². The first-order chi connectivity index (χ1) is 6.20. The average molecular weight is 184 g/mol. The monoisotopic (exact) mass is 184 g/mol. The van der Waals surface area contributed by atoms with Gasteiger partial charge in [0.1, 0.15) is 0 Å². The van der Waals surface area contributed by atoms with E-state index in [2.05, 4.69) is 5.32 Å². The molecule has 0 radical (unpaired) electrons. The summed E-state index contributed by atoms with van der Waals surface area (Å²) < 4.78 is 5.28. The first-order valence-corrected chi connectivity index (χ1v) is 4.86. The lowest BCUT2D eigenvalue weighted by Gasteiger charge is -2.26. The summed E-state index contributed by atoms with van der Waals surface area (Å²) in [5.74, 6) is 0.211. The number of ether oxygens (including phenoxy) is 1. The topological polar surface area (TPSA) is 41.6 Å². The highest BCUT2D eigenvalue weighted by molar-refractivity contribution is 5.84. The predicted octanol–water partition coefficient (Wildman–Crippen LogP) is -0.0584. The number of rotatable bonds is 1. The van der Waals surface area contributed by atoms with Crippen molar-refractivity contribution in [2.75, 3.05) is 13.2 Å². The van der Waals surface area contributed by atoms with Crippen LogP contribution in [0, 0.1) is 0 Å². The Bertz CT molecular complexity index is 214. The number of carbonyl (C=O) groups is 1. The van der Waals surface area contributed by atoms with Crippen molar-refractivity contribution in [2.24, 2.45) is 0 Å². The van der Waals surface area contributed by atoms with Gasteiger partial charge in [-0.15, -0.1) is 0 Å². The Morgan fingerprint density at radius 2 is 2.31 bits per heavy atom. The third kappa shape index (κ3) is 1.44. The third-order valence-electron chi connectivity index (χ3n) is 2.83. The van der Waals surface area contributed by atoms with Crippen LogP contribution in [-0.4, -0.2) is 42.3 Å². The number of hydrogen-bond acceptors (Lipinski definition) is 3. The van der Waals surface area contributed by atoms with Crippen LogP contribution in [0.2, 0.25) is 0 Å². The fraction of sp³-hybridized carbons (Fsp3) is 0.889. The molecule has 0 aromatic heterocycles. The second-order valence-electron chi connectivity index (χ2n) is 3.83.